The Kier molecular flexibility index (Phi) is 6.98. The number of amides is 1. The maximum atomic E-state index is 12.9. The van der Waals surface area contributed by atoms with Crippen molar-refractivity contribution in [3.8, 4) is 0 Å². The van der Waals surface area contributed by atoms with Crippen LogP contribution in [0, 0.1) is 0 Å². The summed E-state index contributed by atoms with van der Waals surface area (Å²) < 4.78 is 32.1. The number of hydrogen-bond acceptors (Lipinski definition) is 5. The minimum absolute atomic E-state index is 0.0455. The molecule has 0 aliphatic heterocycles. The first-order valence-corrected chi connectivity index (χ1v) is 12.5. The van der Waals surface area contributed by atoms with Gasteiger partial charge >= 0.3 is 5.97 Å². The second-order valence-electron chi connectivity index (χ2n) is 8.12. The number of benzene rings is 3. The highest BCUT2D eigenvalue weighted by atomic mass is 32.2. The molecule has 1 amide bonds. The van der Waals surface area contributed by atoms with Crippen molar-refractivity contribution in [3.05, 3.63) is 95.6 Å². The molecule has 0 heterocycles. The summed E-state index contributed by atoms with van der Waals surface area (Å²) in [5.41, 5.74) is 3.02. The van der Waals surface area contributed by atoms with Crippen molar-refractivity contribution in [3.63, 3.8) is 0 Å². The van der Waals surface area contributed by atoms with Crippen molar-refractivity contribution in [1.29, 1.82) is 0 Å². The van der Waals surface area contributed by atoms with Gasteiger partial charge in [-0.25, -0.2) is 13.2 Å². The number of nitrogens with zero attached hydrogens (tertiary/aromatic N) is 1. The highest BCUT2D eigenvalue weighted by Crippen LogP contribution is 2.29. The van der Waals surface area contributed by atoms with Crippen molar-refractivity contribution in [2.45, 2.75) is 30.2 Å². The van der Waals surface area contributed by atoms with Crippen LogP contribution in [-0.2, 0) is 26.0 Å². The van der Waals surface area contributed by atoms with Crippen molar-refractivity contribution in [2.24, 2.45) is 0 Å². The Labute approximate surface area is 199 Å². The minimum atomic E-state index is -3.78. The van der Waals surface area contributed by atoms with E-state index in [-0.39, 0.29) is 22.4 Å². The van der Waals surface area contributed by atoms with Crippen LogP contribution in [0.15, 0.2) is 83.8 Å². The predicted molar refractivity (Wildman–Crippen MR) is 129 cm³/mol. The third-order valence-electron chi connectivity index (χ3n) is 5.91. The molecule has 176 valence electrons. The van der Waals surface area contributed by atoms with Crippen LogP contribution in [0.5, 0.6) is 0 Å². The Balaban J connectivity index is 1.35. The highest BCUT2D eigenvalue weighted by molar-refractivity contribution is 7.92. The first-order valence-electron chi connectivity index (χ1n) is 11.0. The number of rotatable bonds is 7. The van der Waals surface area contributed by atoms with Crippen molar-refractivity contribution in [2.75, 3.05) is 18.0 Å². The minimum Gasteiger partial charge on any atom is -0.452 e. The van der Waals surface area contributed by atoms with Gasteiger partial charge < -0.3 is 10.1 Å². The number of anilines is 1. The van der Waals surface area contributed by atoms with E-state index < -0.39 is 22.6 Å². The summed E-state index contributed by atoms with van der Waals surface area (Å²) in [6, 6.07) is 22.1. The van der Waals surface area contributed by atoms with Crippen LogP contribution in [0.1, 0.15) is 40.4 Å². The van der Waals surface area contributed by atoms with E-state index in [0.29, 0.717) is 5.69 Å². The molecule has 0 spiro atoms. The number of para-hydroxylation sites is 1. The molecule has 1 N–H and O–H groups in total. The highest BCUT2D eigenvalue weighted by Gasteiger charge is 2.23. The van der Waals surface area contributed by atoms with Crippen LogP contribution in [0.25, 0.3) is 0 Å². The topological polar surface area (TPSA) is 92.8 Å². The fourth-order valence-electron chi connectivity index (χ4n) is 4.05. The lowest BCUT2D eigenvalue weighted by Crippen LogP contribution is -2.34. The molecule has 7 nitrogen and oxygen atoms in total. The lowest BCUT2D eigenvalue weighted by atomic mass is 9.88. The molecule has 3 aromatic carbocycles. The molecule has 1 aliphatic carbocycles. The molecule has 0 radical (unpaired) electrons. The molecule has 4 rings (SSSR count). The number of carbonyl (C=O) groups excluding carboxylic acids is 2. The Morgan fingerprint density at radius 1 is 0.971 bits per heavy atom. The average Bonchev–Trinajstić information content (AvgIpc) is 2.87. The van der Waals surface area contributed by atoms with Crippen molar-refractivity contribution < 1.29 is 22.7 Å². The summed E-state index contributed by atoms with van der Waals surface area (Å²) in [5, 5.41) is 2.94. The van der Waals surface area contributed by atoms with Crippen LogP contribution >= 0.6 is 0 Å². The van der Waals surface area contributed by atoms with Crippen LogP contribution in [0.3, 0.4) is 0 Å². The van der Waals surface area contributed by atoms with Gasteiger partial charge in [0.05, 0.1) is 22.2 Å². The molecule has 0 fully saturated rings. The van der Waals surface area contributed by atoms with Gasteiger partial charge in [-0.1, -0.05) is 42.5 Å². The lowest BCUT2D eigenvalue weighted by molar-refractivity contribution is -0.125. The number of aryl methyl sites for hydroxylation is 1. The fourth-order valence-corrected chi connectivity index (χ4v) is 5.25. The third kappa shape index (κ3) is 5.12. The molecule has 0 saturated carbocycles. The Morgan fingerprint density at radius 2 is 1.65 bits per heavy atom. The first-order chi connectivity index (χ1) is 16.4. The number of fused-ring (bicyclic) bond motifs is 1. The molecular weight excluding hydrogens is 452 g/mol. The number of ether oxygens (including phenoxy) is 1. The first kappa shape index (κ1) is 23.5. The van der Waals surface area contributed by atoms with Gasteiger partial charge in [-0.3, -0.25) is 9.10 Å². The molecular formula is C26H26N2O5S. The summed E-state index contributed by atoms with van der Waals surface area (Å²) >= 11 is 0. The van der Waals surface area contributed by atoms with Crippen molar-refractivity contribution >= 4 is 27.6 Å². The van der Waals surface area contributed by atoms with E-state index >= 15 is 0 Å². The fraction of sp³-hybridized carbons (Fsp3) is 0.231. The van der Waals surface area contributed by atoms with Gasteiger partial charge in [-0.2, -0.15) is 0 Å². The summed E-state index contributed by atoms with van der Waals surface area (Å²) in [6.07, 6.45) is 2.81. The molecule has 0 saturated heterocycles. The van der Waals surface area contributed by atoms with Gasteiger partial charge in [0.2, 0.25) is 0 Å². The van der Waals surface area contributed by atoms with Gasteiger partial charge in [0.1, 0.15) is 0 Å². The average molecular weight is 479 g/mol. The standard InChI is InChI=1S/C26H26N2O5S/c1-28(21-10-3-2-4-11-21)34(31,32)22-16-14-20(15-17-22)26(30)33-18-25(29)27-24-13-7-9-19-8-5-6-12-23(19)24/h2-6,8,10-12,14-17,24H,7,9,13,18H2,1H3,(H,27,29)/t24-/m1/s1. The van der Waals surface area contributed by atoms with E-state index in [9.17, 15) is 18.0 Å². The Bertz CT molecular complexity index is 1270. The van der Waals surface area contributed by atoms with E-state index in [1.807, 2.05) is 18.2 Å². The Morgan fingerprint density at radius 3 is 2.38 bits per heavy atom. The summed E-state index contributed by atoms with van der Waals surface area (Å²) in [6.45, 7) is -0.408. The van der Waals surface area contributed by atoms with Crippen LogP contribution in [0.4, 0.5) is 5.69 Å². The van der Waals surface area contributed by atoms with Crippen LogP contribution < -0.4 is 9.62 Å². The number of carbonyl (C=O) groups is 2. The summed E-state index contributed by atoms with van der Waals surface area (Å²) in [4.78, 5) is 24.8. The maximum absolute atomic E-state index is 12.9. The summed E-state index contributed by atoms with van der Waals surface area (Å²) in [7, 11) is -2.32. The molecule has 1 aliphatic rings. The third-order valence-corrected chi connectivity index (χ3v) is 7.71. The van der Waals surface area contributed by atoms with E-state index in [0.717, 1.165) is 24.8 Å². The second kappa shape index (κ2) is 10.1. The van der Waals surface area contributed by atoms with Gasteiger partial charge in [-0.15, -0.1) is 0 Å². The molecule has 8 heteroatoms. The molecule has 3 aromatic rings. The van der Waals surface area contributed by atoms with Crippen molar-refractivity contribution in [1.82, 2.24) is 5.32 Å². The largest absolute Gasteiger partial charge is 0.452 e. The van der Waals surface area contributed by atoms with Gasteiger partial charge in [0, 0.05) is 7.05 Å². The molecule has 0 unspecified atom stereocenters. The van der Waals surface area contributed by atoms with E-state index in [2.05, 4.69) is 11.4 Å². The van der Waals surface area contributed by atoms with Gasteiger partial charge in [0.25, 0.3) is 15.9 Å². The normalized spacial score (nSPS) is 15.1. The van der Waals surface area contributed by atoms with E-state index in [1.165, 1.54) is 41.2 Å². The molecule has 0 aromatic heterocycles. The van der Waals surface area contributed by atoms with Crippen LogP contribution in [-0.4, -0.2) is 33.9 Å². The quantitative estimate of drug-likeness (QED) is 0.521. The van der Waals surface area contributed by atoms with Crippen LogP contribution in [0.2, 0.25) is 0 Å². The molecule has 1 atom stereocenters. The molecule has 34 heavy (non-hydrogen) atoms. The number of esters is 1. The number of sulfonamides is 1. The summed E-state index contributed by atoms with van der Waals surface area (Å²) in [5.74, 6) is -1.07. The lowest BCUT2D eigenvalue weighted by Gasteiger charge is -2.26. The zero-order valence-corrected chi connectivity index (χ0v) is 19.6. The smallest absolute Gasteiger partial charge is 0.338 e. The zero-order valence-electron chi connectivity index (χ0n) is 18.8. The Hall–Kier alpha value is -3.65. The van der Waals surface area contributed by atoms with Gasteiger partial charge in [-0.05, 0) is 66.8 Å². The SMILES string of the molecule is CN(c1ccccc1)S(=O)(=O)c1ccc(C(=O)OCC(=O)N[C@@H]2CCCc3ccccc32)cc1. The maximum Gasteiger partial charge on any atom is 0.338 e. The second-order valence-corrected chi connectivity index (χ2v) is 10.1. The predicted octanol–water partition coefficient (Wildman–Crippen LogP) is 3.86. The molecule has 0 bridgehead atoms. The monoisotopic (exact) mass is 478 g/mol. The van der Waals surface area contributed by atoms with Gasteiger partial charge in [0.15, 0.2) is 6.61 Å². The van der Waals surface area contributed by atoms with E-state index in [1.54, 1.807) is 30.3 Å². The number of nitrogens with one attached hydrogen (secondary N) is 1. The van der Waals surface area contributed by atoms with E-state index in [4.69, 9.17) is 4.74 Å². The zero-order chi connectivity index (χ0) is 24.1. The number of hydrogen-bond donors (Lipinski definition) is 1.